The molecule has 0 radical (unpaired) electrons. The van der Waals surface area contributed by atoms with E-state index < -0.39 is 0 Å². The third kappa shape index (κ3) is 4.15. The largest absolute Gasteiger partial charge is 0.310 e. The molecular weight excluding hydrogens is 269 g/mol. The van der Waals surface area contributed by atoms with Crippen molar-refractivity contribution in [3.8, 4) is 0 Å². The average molecular weight is 288 g/mol. The molecule has 2 rings (SSSR count). The molecule has 0 aliphatic heterocycles. The van der Waals surface area contributed by atoms with Gasteiger partial charge >= 0.3 is 0 Å². The number of rotatable bonds is 5. The Balaban J connectivity index is 1.81. The van der Waals surface area contributed by atoms with E-state index in [1.807, 2.05) is 17.8 Å². The molecule has 0 bridgehead atoms. The summed E-state index contributed by atoms with van der Waals surface area (Å²) in [5.74, 6) is 0.932. The van der Waals surface area contributed by atoms with Crippen molar-refractivity contribution in [1.29, 1.82) is 0 Å². The fraction of sp³-hybridized carbons (Fsp3) is 0.571. The molecular formula is C14H19ClFNS. The number of nitrogens with one attached hydrogen (secondary N) is 1. The highest BCUT2D eigenvalue weighted by Gasteiger charge is 2.23. The summed E-state index contributed by atoms with van der Waals surface area (Å²) in [6.45, 7) is 2.91. The van der Waals surface area contributed by atoms with Gasteiger partial charge in [-0.05, 0) is 48.8 Å². The summed E-state index contributed by atoms with van der Waals surface area (Å²) in [5.41, 5.74) is 0.923. The van der Waals surface area contributed by atoms with Gasteiger partial charge in [-0.3, -0.25) is 0 Å². The van der Waals surface area contributed by atoms with E-state index in [4.69, 9.17) is 11.6 Å². The molecule has 2 unspecified atom stereocenters. The fourth-order valence-electron chi connectivity index (χ4n) is 2.49. The Labute approximate surface area is 117 Å². The Kier molecular flexibility index (Phi) is 5.34. The van der Waals surface area contributed by atoms with Gasteiger partial charge in [-0.15, -0.1) is 0 Å². The first-order chi connectivity index (χ1) is 8.67. The van der Waals surface area contributed by atoms with Gasteiger partial charge in [0, 0.05) is 22.9 Å². The number of benzene rings is 1. The van der Waals surface area contributed by atoms with E-state index in [1.165, 1.54) is 31.1 Å². The molecule has 1 aliphatic rings. The highest BCUT2D eigenvalue weighted by atomic mass is 35.5. The molecule has 0 amide bonds. The Hall–Kier alpha value is -0.250. The minimum absolute atomic E-state index is 0.259. The summed E-state index contributed by atoms with van der Waals surface area (Å²) in [5, 5.41) is 4.77. The minimum atomic E-state index is -0.259. The molecule has 1 aromatic carbocycles. The van der Waals surface area contributed by atoms with Crippen LogP contribution in [0.15, 0.2) is 18.2 Å². The summed E-state index contributed by atoms with van der Waals surface area (Å²) in [6.07, 6.45) is 3.74. The maximum Gasteiger partial charge on any atom is 0.125 e. The fourth-order valence-corrected chi connectivity index (χ4v) is 3.87. The van der Waals surface area contributed by atoms with Crippen LogP contribution in [0, 0.1) is 5.82 Å². The van der Waals surface area contributed by atoms with Crippen LogP contribution in [0.25, 0.3) is 0 Å². The molecule has 1 aromatic rings. The van der Waals surface area contributed by atoms with Crippen LogP contribution in [0.1, 0.15) is 31.7 Å². The molecule has 1 nitrogen and oxygen atoms in total. The predicted molar refractivity (Wildman–Crippen MR) is 77.8 cm³/mol. The number of hydrogen-bond acceptors (Lipinski definition) is 2. The van der Waals surface area contributed by atoms with Gasteiger partial charge in [-0.1, -0.05) is 18.5 Å². The van der Waals surface area contributed by atoms with Crippen molar-refractivity contribution >= 4 is 23.4 Å². The van der Waals surface area contributed by atoms with E-state index >= 15 is 0 Å². The second-order valence-corrected chi connectivity index (χ2v) is 6.76. The Morgan fingerprint density at radius 2 is 2.22 bits per heavy atom. The van der Waals surface area contributed by atoms with Crippen LogP contribution in [0.4, 0.5) is 4.39 Å². The van der Waals surface area contributed by atoms with E-state index in [0.29, 0.717) is 17.6 Å². The van der Waals surface area contributed by atoms with Crippen LogP contribution in [0.5, 0.6) is 0 Å². The molecule has 1 aliphatic carbocycles. The molecule has 0 aromatic heterocycles. The zero-order chi connectivity index (χ0) is 13.0. The molecule has 18 heavy (non-hydrogen) atoms. The van der Waals surface area contributed by atoms with Crippen LogP contribution in [0.3, 0.4) is 0 Å². The topological polar surface area (TPSA) is 12.0 Å². The number of thioether (sulfide) groups is 1. The average Bonchev–Trinajstić information content (AvgIpc) is 2.74. The molecule has 4 heteroatoms. The van der Waals surface area contributed by atoms with Crippen molar-refractivity contribution in [2.75, 3.05) is 5.75 Å². The van der Waals surface area contributed by atoms with Crippen LogP contribution >= 0.6 is 23.4 Å². The van der Waals surface area contributed by atoms with Gasteiger partial charge < -0.3 is 5.32 Å². The lowest BCUT2D eigenvalue weighted by Crippen LogP contribution is -2.26. The Bertz CT molecular complexity index is 379. The van der Waals surface area contributed by atoms with Crippen molar-refractivity contribution in [1.82, 2.24) is 5.32 Å². The number of halogens is 2. The highest BCUT2D eigenvalue weighted by molar-refractivity contribution is 7.99. The van der Waals surface area contributed by atoms with Gasteiger partial charge in [-0.25, -0.2) is 4.39 Å². The lowest BCUT2D eigenvalue weighted by Gasteiger charge is -2.13. The summed E-state index contributed by atoms with van der Waals surface area (Å²) < 4.78 is 13.2. The normalized spacial score (nSPS) is 23.5. The first kappa shape index (κ1) is 14.2. The Morgan fingerprint density at radius 1 is 1.39 bits per heavy atom. The summed E-state index contributed by atoms with van der Waals surface area (Å²) in [6, 6.07) is 5.28. The lowest BCUT2D eigenvalue weighted by molar-refractivity contribution is 0.523. The van der Waals surface area contributed by atoms with E-state index in [2.05, 4.69) is 12.2 Å². The molecule has 2 atom stereocenters. The summed E-state index contributed by atoms with van der Waals surface area (Å²) in [4.78, 5) is 0. The second kappa shape index (κ2) is 6.78. The monoisotopic (exact) mass is 287 g/mol. The minimum Gasteiger partial charge on any atom is -0.310 e. The molecule has 1 fully saturated rings. The van der Waals surface area contributed by atoms with Crippen LogP contribution < -0.4 is 5.32 Å². The zero-order valence-electron chi connectivity index (χ0n) is 10.6. The molecule has 0 spiro atoms. The van der Waals surface area contributed by atoms with Gasteiger partial charge in [0.1, 0.15) is 5.82 Å². The Morgan fingerprint density at radius 3 is 2.94 bits per heavy atom. The maximum atomic E-state index is 13.2. The number of hydrogen-bond donors (Lipinski definition) is 1. The van der Waals surface area contributed by atoms with Gasteiger partial charge in [0.25, 0.3) is 0 Å². The van der Waals surface area contributed by atoms with Gasteiger partial charge in [0.2, 0.25) is 0 Å². The van der Waals surface area contributed by atoms with Crippen molar-refractivity contribution in [2.24, 2.45) is 0 Å². The molecule has 1 saturated carbocycles. The van der Waals surface area contributed by atoms with Crippen LogP contribution in [0.2, 0.25) is 5.02 Å². The molecule has 0 saturated heterocycles. The van der Waals surface area contributed by atoms with E-state index in [-0.39, 0.29) is 5.82 Å². The third-order valence-electron chi connectivity index (χ3n) is 3.30. The van der Waals surface area contributed by atoms with Crippen LogP contribution in [-0.4, -0.2) is 17.0 Å². The van der Waals surface area contributed by atoms with Gasteiger partial charge in [-0.2, -0.15) is 11.8 Å². The van der Waals surface area contributed by atoms with E-state index in [1.54, 1.807) is 6.07 Å². The molecule has 1 N–H and O–H groups in total. The van der Waals surface area contributed by atoms with E-state index in [9.17, 15) is 4.39 Å². The van der Waals surface area contributed by atoms with Crippen LogP contribution in [-0.2, 0) is 6.54 Å². The predicted octanol–water partition coefficient (Wildman–Crippen LogP) is 4.24. The van der Waals surface area contributed by atoms with Crippen molar-refractivity contribution in [2.45, 2.75) is 44.0 Å². The lowest BCUT2D eigenvalue weighted by atomic mass is 10.2. The zero-order valence-corrected chi connectivity index (χ0v) is 12.2. The third-order valence-corrected chi connectivity index (χ3v) is 4.76. The first-order valence-electron chi connectivity index (χ1n) is 6.47. The highest BCUT2D eigenvalue weighted by Crippen LogP contribution is 2.29. The smallest absolute Gasteiger partial charge is 0.125 e. The molecule has 100 valence electrons. The first-order valence-corrected chi connectivity index (χ1v) is 7.90. The summed E-state index contributed by atoms with van der Waals surface area (Å²) in [7, 11) is 0. The quantitative estimate of drug-likeness (QED) is 0.869. The standard InChI is InChI=1S/C14H19ClFNS/c1-2-18-14-4-3-13(8-14)17-9-10-5-11(15)7-12(16)6-10/h5-7,13-14,17H,2-4,8-9H2,1H3. The SMILES string of the molecule is CCSC1CCC(NCc2cc(F)cc(Cl)c2)C1. The van der Waals surface area contributed by atoms with Gasteiger partial charge in [0.15, 0.2) is 0 Å². The van der Waals surface area contributed by atoms with Crippen molar-refractivity contribution in [3.05, 3.63) is 34.6 Å². The van der Waals surface area contributed by atoms with Crippen molar-refractivity contribution < 1.29 is 4.39 Å². The maximum absolute atomic E-state index is 13.2. The van der Waals surface area contributed by atoms with E-state index in [0.717, 1.165) is 10.8 Å². The summed E-state index contributed by atoms with van der Waals surface area (Å²) >= 11 is 7.89. The second-order valence-electron chi connectivity index (χ2n) is 4.75. The van der Waals surface area contributed by atoms with Gasteiger partial charge in [0.05, 0.1) is 0 Å². The molecule has 0 heterocycles. The van der Waals surface area contributed by atoms with Crippen molar-refractivity contribution in [3.63, 3.8) is 0 Å².